The molecular formula is C29H32F2N4O6S. The molecule has 224 valence electrons. The van der Waals surface area contributed by atoms with Crippen molar-refractivity contribution in [2.24, 2.45) is 5.92 Å². The van der Waals surface area contributed by atoms with E-state index < -0.39 is 51.7 Å². The average Bonchev–Trinajstić information content (AvgIpc) is 2.96. The fourth-order valence-corrected chi connectivity index (χ4v) is 5.70. The predicted octanol–water partition coefficient (Wildman–Crippen LogP) is 4.15. The van der Waals surface area contributed by atoms with E-state index in [1.54, 1.807) is 19.9 Å². The Hall–Kier alpha value is -4.07. The van der Waals surface area contributed by atoms with E-state index in [1.165, 1.54) is 60.5 Å². The number of halogens is 2. The standard InChI is InChI=1S/C29H32F2N4O6S/c1-18-15-35(19(2)17-36)28(37)24-5-4-6-25(33-29(38)32-22-11-7-20(30)8-12-22)27(24)41-26(18)16-34(3)42(39,40)23-13-9-21(31)10-14-23/h4-14,18-19,26,36H,15-17H2,1-3H3,(H2,32,33,38)/t18-,19+,26-/m1/s1. The number of nitrogens with zero attached hydrogens (tertiary/aromatic N) is 2. The minimum Gasteiger partial charge on any atom is -0.486 e. The maximum atomic E-state index is 13.6. The van der Waals surface area contributed by atoms with E-state index in [2.05, 4.69) is 10.6 Å². The van der Waals surface area contributed by atoms with Gasteiger partial charge in [0.25, 0.3) is 5.91 Å². The lowest BCUT2D eigenvalue weighted by atomic mass is 9.99. The number of likely N-dealkylation sites (N-methyl/N-ethyl adjacent to an activating group) is 1. The minimum absolute atomic E-state index is 0.0241. The number of ether oxygens (including phenoxy) is 1. The number of aliphatic hydroxyl groups excluding tert-OH is 1. The second kappa shape index (κ2) is 12.8. The highest BCUT2D eigenvalue weighted by Crippen LogP contribution is 2.35. The lowest BCUT2D eigenvalue weighted by Gasteiger charge is -2.38. The number of aliphatic hydroxyl groups is 1. The van der Waals surface area contributed by atoms with Gasteiger partial charge >= 0.3 is 6.03 Å². The number of benzene rings is 3. The molecule has 3 amide bonds. The Kier molecular flexibility index (Phi) is 9.44. The Morgan fingerprint density at radius 3 is 2.31 bits per heavy atom. The van der Waals surface area contributed by atoms with Gasteiger partial charge in [-0.25, -0.2) is 22.0 Å². The summed E-state index contributed by atoms with van der Waals surface area (Å²) in [4.78, 5) is 27.8. The highest BCUT2D eigenvalue weighted by molar-refractivity contribution is 7.89. The van der Waals surface area contributed by atoms with Crippen LogP contribution in [0.5, 0.6) is 5.75 Å². The Morgan fingerprint density at radius 2 is 1.69 bits per heavy atom. The molecule has 0 aromatic heterocycles. The third kappa shape index (κ3) is 6.86. The number of para-hydroxylation sites is 1. The van der Waals surface area contributed by atoms with Crippen molar-refractivity contribution in [2.45, 2.75) is 30.9 Å². The number of fused-ring (bicyclic) bond motifs is 1. The van der Waals surface area contributed by atoms with E-state index in [9.17, 15) is 31.9 Å². The summed E-state index contributed by atoms with van der Waals surface area (Å²) >= 11 is 0. The van der Waals surface area contributed by atoms with Gasteiger partial charge in [0, 0.05) is 25.2 Å². The number of hydrogen-bond donors (Lipinski definition) is 3. The lowest BCUT2D eigenvalue weighted by molar-refractivity contribution is 0.0389. The molecule has 0 spiro atoms. The van der Waals surface area contributed by atoms with Gasteiger partial charge in [-0.1, -0.05) is 13.0 Å². The molecule has 3 N–H and O–H groups in total. The summed E-state index contributed by atoms with van der Waals surface area (Å²) in [6, 6.07) is 12.9. The SMILES string of the molecule is C[C@@H]1CN([C@@H](C)CO)C(=O)c2cccc(NC(=O)Nc3ccc(F)cc3)c2O[C@@H]1CN(C)S(=O)(=O)c1ccc(F)cc1. The minimum atomic E-state index is -4.03. The van der Waals surface area contributed by atoms with Crippen LogP contribution in [0.4, 0.5) is 25.0 Å². The monoisotopic (exact) mass is 602 g/mol. The van der Waals surface area contributed by atoms with Gasteiger partial charge in [0.05, 0.1) is 35.3 Å². The van der Waals surface area contributed by atoms with Gasteiger partial charge in [-0.15, -0.1) is 0 Å². The van der Waals surface area contributed by atoms with Crippen LogP contribution in [0.2, 0.25) is 0 Å². The molecular weight excluding hydrogens is 570 g/mol. The number of sulfonamides is 1. The number of carbonyl (C=O) groups excluding carboxylic acids is 2. The van der Waals surface area contributed by atoms with Gasteiger partial charge < -0.3 is 25.4 Å². The zero-order valence-electron chi connectivity index (χ0n) is 23.3. The van der Waals surface area contributed by atoms with Crippen molar-refractivity contribution >= 4 is 33.3 Å². The topological polar surface area (TPSA) is 128 Å². The molecule has 3 aromatic rings. The van der Waals surface area contributed by atoms with E-state index in [0.29, 0.717) is 5.69 Å². The molecule has 0 unspecified atom stereocenters. The zero-order chi connectivity index (χ0) is 30.6. The van der Waals surface area contributed by atoms with Crippen LogP contribution >= 0.6 is 0 Å². The number of urea groups is 1. The number of rotatable bonds is 8. The summed E-state index contributed by atoms with van der Waals surface area (Å²) in [7, 11) is -2.66. The second-order valence-electron chi connectivity index (χ2n) is 10.1. The van der Waals surface area contributed by atoms with Crippen LogP contribution < -0.4 is 15.4 Å². The maximum absolute atomic E-state index is 13.6. The van der Waals surface area contributed by atoms with Crippen molar-refractivity contribution in [3.05, 3.63) is 83.9 Å². The van der Waals surface area contributed by atoms with Crippen molar-refractivity contribution in [3.63, 3.8) is 0 Å². The van der Waals surface area contributed by atoms with Crippen LogP contribution in [0.1, 0.15) is 24.2 Å². The van der Waals surface area contributed by atoms with Crippen LogP contribution in [0.25, 0.3) is 0 Å². The van der Waals surface area contributed by atoms with Crippen LogP contribution in [-0.4, -0.2) is 73.6 Å². The molecule has 1 heterocycles. The summed E-state index contributed by atoms with van der Waals surface area (Å²) in [6.45, 7) is 3.17. The predicted molar refractivity (Wildman–Crippen MR) is 153 cm³/mol. The average molecular weight is 603 g/mol. The van der Waals surface area contributed by atoms with E-state index >= 15 is 0 Å². The zero-order valence-corrected chi connectivity index (χ0v) is 24.1. The molecule has 3 atom stereocenters. The number of amides is 3. The first kappa shape index (κ1) is 30.9. The summed E-state index contributed by atoms with van der Waals surface area (Å²) in [5.74, 6) is -1.88. The normalized spacial score (nSPS) is 18.0. The fraction of sp³-hybridized carbons (Fsp3) is 0.310. The summed E-state index contributed by atoms with van der Waals surface area (Å²) < 4.78 is 60.6. The molecule has 0 saturated heterocycles. The first-order valence-electron chi connectivity index (χ1n) is 13.2. The second-order valence-corrected chi connectivity index (χ2v) is 12.2. The first-order chi connectivity index (χ1) is 19.9. The molecule has 3 aromatic carbocycles. The van der Waals surface area contributed by atoms with Crippen LogP contribution in [-0.2, 0) is 10.0 Å². The number of anilines is 2. The Morgan fingerprint density at radius 1 is 1.07 bits per heavy atom. The van der Waals surface area contributed by atoms with E-state index in [-0.39, 0.29) is 41.6 Å². The first-order valence-corrected chi connectivity index (χ1v) is 14.6. The maximum Gasteiger partial charge on any atom is 0.323 e. The molecule has 0 radical (unpaired) electrons. The Bertz CT molecular complexity index is 1540. The van der Waals surface area contributed by atoms with Gasteiger partial charge in [-0.2, -0.15) is 4.31 Å². The number of carbonyl (C=O) groups is 2. The quantitative estimate of drug-likeness (QED) is 0.356. The van der Waals surface area contributed by atoms with Gasteiger partial charge in [0.15, 0.2) is 5.75 Å². The smallest absolute Gasteiger partial charge is 0.323 e. The molecule has 4 rings (SSSR count). The van der Waals surface area contributed by atoms with E-state index in [4.69, 9.17) is 4.74 Å². The third-order valence-electron chi connectivity index (χ3n) is 7.00. The molecule has 0 fully saturated rings. The fourth-order valence-electron chi connectivity index (χ4n) is 4.52. The summed E-state index contributed by atoms with van der Waals surface area (Å²) in [5, 5.41) is 15.1. The highest BCUT2D eigenvalue weighted by atomic mass is 32.2. The molecule has 0 bridgehead atoms. The van der Waals surface area contributed by atoms with Crippen molar-refractivity contribution in [1.29, 1.82) is 0 Å². The molecule has 0 saturated carbocycles. The van der Waals surface area contributed by atoms with Gasteiger partial charge in [0.1, 0.15) is 17.7 Å². The van der Waals surface area contributed by atoms with Crippen molar-refractivity contribution in [2.75, 3.05) is 37.4 Å². The number of nitrogens with one attached hydrogen (secondary N) is 2. The third-order valence-corrected chi connectivity index (χ3v) is 8.84. The van der Waals surface area contributed by atoms with Crippen LogP contribution in [0.15, 0.2) is 71.6 Å². The van der Waals surface area contributed by atoms with Crippen molar-refractivity contribution in [3.8, 4) is 5.75 Å². The lowest BCUT2D eigenvalue weighted by Crippen LogP contribution is -2.50. The van der Waals surface area contributed by atoms with E-state index in [0.717, 1.165) is 16.4 Å². The largest absolute Gasteiger partial charge is 0.486 e. The molecule has 42 heavy (non-hydrogen) atoms. The highest BCUT2D eigenvalue weighted by Gasteiger charge is 2.36. The van der Waals surface area contributed by atoms with Gasteiger partial charge in [-0.3, -0.25) is 4.79 Å². The molecule has 13 heteroatoms. The van der Waals surface area contributed by atoms with Gasteiger partial charge in [-0.05, 0) is 67.6 Å². The summed E-state index contributed by atoms with van der Waals surface area (Å²) in [5.41, 5.74) is 0.572. The van der Waals surface area contributed by atoms with E-state index in [1.807, 2.05) is 0 Å². The van der Waals surface area contributed by atoms with Crippen LogP contribution in [0, 0.1) is 17.6 Å². The summed E-state index contributed by atoms with van der Waals surface area (Å²) in [6.07, 6.45) is -0.812. The molecule has 10 nitrogen and oxygen atoms in total. The number of hydrogen-bond acceptors (Lipinski definition) is 6. The Balaban J connectivity index is 1.68. The molecule has 1 aliphatic heterocycles. The van der Waals surface area contributed by atoms with Gasteiger partial charge in [0.2, 0.25) is 10.0 Å². The Labute approximate surface area is 242 Å². The van der Waals surface area contributed by atoms with Crippen LogP contribution in [0.3, 0.4) is 0 Å². The van der Waals surface area contributed by atoms with Crippen molar-refractivity contribution < 1.29 is 36.6 Å². The van der Waals surface area contributed by atoms with Crippen molar-refractivity contribution in [1.82, 2.24) is 9.21 Å². The molecule has 1 aliphatic rings. The molecule has 0 aliphatic carbocycles.